The van der Waals surface area contributed by atoms with Crippen LogP contribution in [0.25, 0.3) is 11.0 Å². The van der Waals surface area contributed by atoms with Crippen LogP contribution in [0.3, 0.4) is 0 Å². The number of aryl methyl sites for hydroxylation is 1. The highest BCUT2D eigenvalue weighted by Crippen LogP contribution is 2.34. The lowest BCUT2D eigenvalue weighted by atomic mass is 9.85. The molecule has 3 aromatic rings. The van der Waals surface area contributed by atoms with Crippen molar-refractivity contribution >= 4 is 38.5 Å². The molecule has 1 N–H and O–H groups in total. The monoisotopic (exact) mass is 458 g/mol. The number of aromatic nitrogens is 1. The van der Waals surface area contributed by atoms with E-state index in [1.807, 2.05) is 37.3 Å². The molecule has 1 aromatic heterocycles. The van der Waals surface area contributed by atoms with Crippen LogP contribution in [0.5, 0.6) is 5.75 Å². The zero-order valence-electron chi connectivity index (χ0n) is 16.4. The Bertz CT molecular complexity index is 1110. The predicted octanol–water partition coefficient (Wildman–Crippen LogP) is 5.04. The fraction of sp³-hybridized carbons (Fsp3) is 0.364. The molecule has 1 aliphatic carbocycles. The van der Waals surface area contributed by atoms with Gasteiger partial charge in [-0.05, 0) is 72.3 Å². The molecule has 6 nitrogen and oxygen atoms in total. The van der Waals surface area contributed by atoms with Crippen LogP contribution >= 0.6 is 15.9 Å². The smallest absolute Gasteiger partial charge is 0.290 e. The molecule has 1 amide bonds. The Kier molecular flexibility index (Phi) is 5.50. The Labute approximate surface area is 176 Å². The van der Waals surface area contributed by atoms with E-state index in [1.54, 1.807) is 13.2 Å². The first-order valence-electron chi connectivity index (χ1n) is 9.73. The number of fused-ring (bicyclic) bond motifs is 1. The number of nitrogens with zero attached hydrogens (tertiary/aromatic N) is 1. The minimum Gasteiger partial charge on any atom is -0.496 e. The van der Waals surface area contributed by atoms with Crippen molar-refractivity contribution in [3.8, 4) is 5.75 Å². The van der Waals surface area contributed by atoms with Crippen LogP contribution in [0.4, 0.5) is 5.69 Å². The Hall–Kier alpha value is -2.54. The van der Waals surface area contributed by atoms with Gasteiger partial charge in [-0.2, -0.15) is 4.74 Å². The van der Waals surface area contributed by atoms with Crippen LogP contribution in [0.15, 0.2) is 50.2 Å². The van der Waals surface area contributed by atoms with Crippen molar-refractivity contribution in [3.63, 3.8) is 0 Å². The fourth-order valence-electron chi connectivity index (χ4n) is 3.98. The van der Waals surface area contributed by atoms with Gasteiger partial charge in [0.15, 0.2) is 5.58 Å². The zero-order chi connectivity index (χ0) is 20.5. The lowest BCUT2D eigenvalue weighted by Gasteiger charge is -2.27. The summed E-state index contributed by atoms with van der Waals surface area (Å²) in [6.45, 7) is 1.96. The largest absolute Gasteiger partial charge is 0.496 e. The summed E-state index contributed by atoms with van der Waals surface area (Å²) >= 11 is 3.44. The number of amides is 1. The van der Waals surface area contributed by atoms with Gasteiger partial charge in [0.05, 0.1) is 23.0 Å². The van der Waals surface area contributed by atoms with Crippen LogP contribution in [-0.4, -0.2) is 17.8 Å². The zero-order valence-corrected chi connectivity index (χ0v) is 18.0. The number of benzene rings is 2. The molecule has 152 valence electrons. The minimum atomic E-state index is -0.110. The van der Waals surface area contributed by atoms with Gasteiger partial charge in [0, 0.05) is 17.7 Å². The highest BCUT2D eigenvalue weighted by molar-refractivity contribution is 9.10. The van der Waals surface area contributed by atoms with E-state index in [-0.39, 0.29) is 23.4 Å². The molecule has 1 aliphatic rings. The van der Waals surface area contributed by atoms with Crippen LogP contribution in [-0.2, 0) is 4.79 Å². The second-order valence-corrected chi connectivity index (χ2v) is 8.37. The summed E-state index contributed by atoms with van der Waals surface area (Å²) in [4.78, 5) is 25.4. The molecule has 0 spiro atoms. The van der Waals surface area contributed by atoms with Gasteiger partial charge in [0.1, 0.15) is 5.75 Å². The summed E-state index contributed by atoms with van der Waals surface area (Å²) in [7, 11) is 1.62. The number of hydrogen-bond donors (Lipinski definition) is 1. The van der Waals surface area contributed by atoms with Crippen molar-refractivity contribution in [1.29, 1.82) is 0 Å². The number of anilines is 1. The van der Waals surface area contributed by atoms with Crippen molar-refractivity contribution in [2.75, 3.05) is 12.4 Å². The van der Waals surface area contributed by atoms with Crippen molar-refractivity contribution in [2.24, 2.45) is 5.92 Å². The van der Waals surface area contributed by atoms with Crippen molar-refractivity contribution in [1.82, 2.24) is 4.74 Å². The molecule has 29 heavy (non-hydrogen) atoms. The lowest BCUT2D eigenvalue weighted by molar-refractivity contribution is -0.121. The molecule has 0 saturated heterocycles. The second-order valence-electron chi connectivity index (χ2n) is 7.52. The Balaban J connectivity index is 1.43. The normalized spacial score (nSPS) is 19.3. The van der Waals surface area contributed by atoms with Crippen LogP contribution in [0, 0.1) is 12.8 Å². The summed E-state index contributed by atoms with van der Waals surface area (Å²) in [5, 5.41) is 3.57. The van der Waals surface area contributed by atoms with Crippen molar-refractivity contribution in [2.45, 2.75) is 38.6 Å². The molecule has 0 unspecified atom stereocenters. The van der Waals surface area contributed by atoms with E-state index < -0.39 is 0 Å². The molecule has 1 saturated carbocycles. The molecule has 0 radical (unpaired) electrons. The highest BCUT2D eigenvalue weighted by Gasteiger charge is 2.29. The highest BCUT2D eigenvalue weighted by atomic mass is 79.9. The van der Waals surface area contributed by atoms with E-state index in [2.05, 4.69) is 21.2 Å². The van der Waals surface area contributed by atoms with Gasteiger partial charge in [-0.3, -0.25) is 9.59 Å². The van der Waals surface area contributed by atoms with Gasteiger partial charge in [0.25, 0.3) is 5.56 Å². The van der Waals surface area contributed by atoms with Crippen molar-refractivity contribution in [3.05, 3.63) is 56.8 Å². The minimum absolute atomic E-state index is 0.00838. The van der Waals surface area contributed by atoms with Crippen LogP contribution in [0.2, 0.25) is 0 Å². The molecule has 2 aromatic carbocycles. The van der Waals surface area contributed by atoms with E-state index in [0.29, 0.717) is 23.8 Å². The third kappa shape index (κ3) is 3.83. The molecule has 4 rings (SSSR count). The predicted molar refractivity (Wildman–Crippen MR) is 116 cm³/mol. The Morgan fingerprint density at radius 1 is 1.21 bits per heavy atom. The number of para-hydroxylation sites is 1. The average molecular weight is 459 g/mol. The molecule has 1 fully saturated rings. The first kappa shape index (κ1) is 19.8. The van der Waals surface area contributed by atoms with Gasteiger partial charge in [0.2, 0.25) is 5.91 Å². The number of ether oxygens (including phenoxy) is 1. The van der Waals surface area contributed by atoms with Crippen LogP contribution < -0.4 is 15.6 Å². The molecular formula is C22H23BrN2O4. The SMILES string of the molecule is COc1cc(NC(=O)C2CCC(n3oc4c(Br)cccc4c3=O)CC2)ccc1C. The van der Waals surface area contributed by atoms with Gasteiger partial charge >= 0.3 is 0 Å². The van der Waals surface area contributed by atoms with Gasteiger partial charge in [-0.25, -0.2) is 0 Å². The van der Waals surface area contributed by atoms with Crippen molar-refractivity contribution < 1.29 is 14.1 Å². The third-order valence-electron chi connectivity index (χ3n) is 5.66. The number of carbonyl (C=O) groups excluding carboxylic acids is 1. The number of halogens is 1. The summed E-state index contributed by atoms with van der Waals surface area (Å²) in [5.41, 5.74) is 2.22. The fourth-order valence-corrected chi connectivity index (χ4v) is 4.42. The first-order chi connectivity index (χ1) is 14.0. The summed E-state index contributed by atoms with van der Waals surface area (Å²) in [6.07, 6.45) is 2.88. The maximum atomic E-state index is 12.7. The molecule has 0 aliphatic heterocycles. The second kappa shape index (κ2) is 8.06. The van der Waals surface area contributed by atoms with Crippen LogP contribution in [0.1, 0.15) is 37.3 Å². The summed E-state index contributed by atoms with van der Waals surface area (Å²) < 4.78 is 13.4. The molecule has 0 atom stereocenters. The quantitative estimate of drug-likeness (QED) is 0.593. The maximum Gasteiger partial charge on any atom is 0.290 e. The standard InChI is InChI=1S/C22H23BrN2O4/c1-13-6-9-15(12-19(13)28-2)24-21(26)14-7-10-16(11-8-14)25-22(27)17-4-3-5-18(23)20(17)29-25/h3-6,9,12,14,16H,7-8,10-11H2,1-2H3,(H,24,26). The Morgan fingerprint density at radius 2 is 1.97 bits per heavy atom. The topological polar surface area (TPSA) is 73.5 Å². The number of rotatable bonds is 4. The number of carbonyl (C=O) groups is 1. The lowest BCUT2D eigenvalue weighted by Crippen LogP contribution is -2.30. The van der Waals surface area contributed by atoms with E-state index in [1.165, 1.54) is 4.74 Å². The molecule has 0 bridgehead atoms. The third-order valence-corrected chi connectivity index (χ3v) is 6.29. The number of hydrogen-bond acceptors (Lipinski definition) is 4. The van der Waals surface area contributed by atoms with Gasteiger partial charge in [-0.15, -0.1) is 0 Å². The Morgan fingerprint density at radius 3 is 2.66 bits per heavy atom. The number of methoxy groups -OCH3 is 1. The summed E-state index contributed by atoms with van der Waals surface area (Å²) in [6, 6.07) is 11.1. The average Bonchev–Trinajstić information content (AvgIpc) is 3.07. The van der Waals surface area contributed by atoms with Gasteiger partial charge in [-0.1, -0.05) is 12.1 Å². The van der Waals surface area contributed by atoms with E-state index >= 15 is 0 Å². The first-order valence-corrected chi connectivity index (χ1v) is 10.5. The van der Waals surface area contributed by atoms with E-state index in [0.717, 1.165) is 34.3 Å². The summed E-state index contributed by atoms with van der Waals surface area (Å²) in [5.74, 6) is 0.682. The van der Waals surface area contributed by atoms with Gasteiger partial charge < -0.3 is 14.6 Å². The van der Waals surface area contributed by atoms with E-state index in [4.69, 9.17) is 9.26 Å². The number of nitrogens with one attached hydrogen (secondary N) is 1. The maximum absolute atomic E-state index is 12.7. The van der Waals surface area contributed by atoms with E-state index in [9.17, 15) is 9.59 Å². The molecular weight excluding hydrogens is 436 g/mol. The molecule has 1 heterocycles. The molecule has 7 heteroatoms.